The third kappa shape index (κ3) is 3.70. The molecule has 2 aromatic carbocycles. The lowest BCUT2D eigenvalue weighted by molar-refractivity contribution is -0.117. The third-order valence-electron chi connectivity index (χ3n) is 2.74. The highest BCUT2D eigenvalue weighted by molar-refractivity contribution is 9.10. The van der Waals surface area contributed by atoms with Crippen LogP contribution in [0.4, 0.5) is 8.78 Å². The summed E-state index contributed by atoms with van der Waals surface area (Å²) >= 11 is 3.23. The number of Topliss-reactive ketones (excluding diaryl/α,β-unsaturated/α-hetero) is 1. The van der Waals surface area contributed by atoms with E-state index in [1.54, 1.807) is 30.3 Å². The van der Waals surface area contributed by atoms with Gasteiger partial charge in [-0.1, -0.05) is 34.1 Å². The summed E-state index contributed by atoms with van der Waals surface area (Å²) in [7, 11) is 0. The van der Waals surface area contributed by atoms with Crippen LogP contribution in [0, 0.1) is 11.6 Å². The molecule has 0 N–H and O–H groups in total. The molecule has 0 atom stereocenters. The van der Waals surface area contributed by atoms with E-state index in [0.29, 0.717) is 15.6 Å². The molecule has 0 bridgehead atoms. The summed E-state index contributed by atoms with van der Waals surface area (Å²) in [6, 6.07) is 10.5. The van der Waals surface area contributed by atoms with Gasteiger partial charge in [0.15, 0.2) is 0 Å². The van der Waals surface area contributed by atoms with Gasteiger partial charge in [-0.3, -0.25) is 4.79 Å². The van der Waals surface area contributed by atoms with Crippen LogP contribution < -0.4 is 0 Å². The fraction of sp³-hybridized carbons (Fsp3) is 0.133. The molecule has 4 heteroatoms. The third-order valence-corrected chi connectivity index (χ3v) is 3.23. The molecule has 0 aliphatic heterocycles. The zero-order valence-corrected chi connectivity index (χ0v) is 11.6. The molecule has 0 unspecified atom stereocenters. The van der Waals surface area contributed by atoms with Crippen LogP contribution in [0.2, 0.25) is 0 Å². The molecule has 2 rings (SSSR count). The van der Waals surface area contributed by atoms with E-state index in [9.17, 15) is 13.6 Å². The number of carbonyl (C=O) groups is 1. The van der Waals surface area contributed by atoms with E-state index >= 15 is 0 Å². The summed E-state index contributed by atoms with van der Waals surface area (Å²) in [4.78, 5) is 11.8. The van der Waals surface area contributed by atoms with Gasteiger partial charge in [0, 0.05) is 17.3 Å². The van der Waals surface area contributed by atoms with E-state index in [4.69, 9.17) is 0 Å². The van der Waals surface area contributed by atoms with Gasteiger partial charge in [0.05, 0.1) is 0 Å². The average molecular weight is 325 g/mol. The number of benzene rings is 2. The zero-order chi connectivity index (χ0) is 13.8. The van der Waals surface area contributed by atoms with Gasteiger partial charge < -0.3 is 0 Å². The molecule has 0 heterocycles. The second kappa shape index (κ2) is 6.06. The summed E-state index contributed by atoms with van der Waals surface area (Å²) < 4.78 is 27.6. The second-order valence-corrected chi connectivity index (χ2v) is 5.14. The summed E-state index contributed by atoms with van der Waals surface area (Å²) in [6.45, 7) is 0. The molecule has 98 valence electrons. The van der Waals surface area contributed by atoms with Crippen LogP contribution in [0.15, 0.2) is 46.9 Å². The van der Waals surface area contributed by atoms with Crippen molar-refractivity contribution in [2.24, 2.45) is 0 Å². The predicted molar refractivity (Wildman–Crippen MR) is 72.9 cm³/mol. The zero-order valence-electron chi connectivity index (χ0n) is 10.00. The van der Waals surface area contributed by atoms with Crippen LogP contribution in [0.1, 0.15) is 11.1 Å². The van der Waals surface area contributed by atoms with Crippen molar-refractivity contribution < 1.29 is 13.6 Å². The molecule has 0 aliphatic carbocycles. The van der Waals surface area contributed by atoms with Gasteiger partial charge in [-0.05, 0) is 35.4 Å². The van der Waals surface area contributed by atoms with E-state index in [2.05, 4.69) is 15.9 Å². The molecule has 1 nitrogen and oxygen atoms in total. The number of hydrogen-bond acceptors (Lipinski definition) is 1. The Balaban J connectivity index is 2.10. The Morgan fingerprint density at radius 3 is 2.32 bits per heavy atom. The Morgan fingerprint density at radius 1 is 0.947 bits per heavy atom. The van der Waals surface area contributed by atoms with Gasteiger partial charge in [-0.2, -0.15) is 0 Å². The van der Waals surface area contributed by atoms with E-state index in [1.807, 2.05) is 0 Å². The molecule has 0 radical (unpaired) electrons. The number of ketones is 1. The van der Waals surface area contributed by atoms with E-state index in [0.717, 1.165) is 0 Å². The van der Waals surface area contributed by atoms with Crippen LogP contribution in [0.5, 0.6) is 0 Å². The van der Waals surface area contributed by atoms with Gasteiger partial charge >= 0.3 is 0 Å². The highest BCUT2D eigenvalue weighted by Gasteiger charge is 2.11. The lowest BCUT2D eigenvalue weighted by Gasteiger charge is -2.05. The normalized spacial score (nSPS) is 10.5. The van der Waals surface area contributed by atoms with Crippen molar-refractivity contribution >= 4 is 21.7 Å². The van der Waals surface area contributed by atoms with Gasteiger partial charge in [-0.15, -0.1) is 0 Å². The van der Waals surface area contributed by atoms with Crippen molar-refractivity contribution in [2.75, 3.05) is 0 Å². The first-order chi connectivity index (χ1) is 9.06. The summed E-state index contributed by atoms with van der Waals surface area (Å²) in [6.07, 6.45) is -0.0712. The quantitative estimate of drug-likeness (QED) is 0.828. The molecular weight excluding hydrogens is 314 g/mol. The van der Waals surface area contributed by atoms with E-state index in [-0.39, 0.29) is 18.6 Å². The molecule has 19 heavy (non-hydrogen) atoms. The largest absolute Gasteiger partial charge is 0.299 e. The predicted octanol–water partition coefficient (Wildman–Crippen LogP) is 4.08. The first-order valence-corrected chi connectivity index (χ1v) is 6.54. The van der Waals surface area contributed by atoms with E-state index in [1.165, 1.54) is 12.1 Å². The molecular formula is C15H11BrF2O. The van der Waals surface area contributed by atoms with E-state index < -0.39 is 11.6 Å². The van der Waals surface area contributed by atoms with Gasteiger partial charge in [0.2, 0.25) is 0 Å². The maximum Gasteiger partial charge on any atom is 0.141 e. The smallest absolute Gasteiger partial charge is 0.141 e. The molecule has 2 aromatic rings. The SMILES string of the molecule is O=C(Cc1ccccc1F)Cc1cc(Br)ccc1F. The van der Waals surface area contributed by atoms with Crippen molar-refractivity contribution in [3.8, 4) is 0 Å². The standard InChI is InChI=1S/C15H11BrF2O/c16-12-5-6-15(18)11(7-12)9-13(19)8-10-3-1-2-4-14(10)17/h1-7H,8-9H2. The number of rotatable bonds is 4. The Labute approximate surface area is 118 Å². The average Bonchev–Trinajstić information content (AvgIpc) is 2.37. The molecule has 0 aromatic heterocycles. The molecule has 0 saturated heterocycles. The van der Waals surface area contributed by atoms with Gasteiger partial charge in [0.1, 0.15) is 17.4 Å². The van der Waals surface area contributed by atoms with Crippen molar-refractivity contribution in [3.05, 3.63) is 69.7 Å². The second-order valence-electron chi connectivity index (χ2n) is 4.22. The van der Waals surface area contributed by atoms with Crippen molar-refractivity contribution in [1.29, 1.82) is 0 Å². The van der Waals surface area contributed by atoms with Crippen LogP contribution in [-0.2, 0) is 17.6 Å². The minimum absolute atomic E-state index is 0.0291. The first-order valence-electron chi connectivity index (χ1n) is 5.75. The monoisotopic (exact) mass is 324 g/mol. The van der Waals surface area contributed by atoms with Crippen LogP contribution in [0.3, 0.4) is 0 Å². The minimum atomic E-state index is -0.426. The summed E-state index contributed by atoms with van der Waals surface area (Å²) in [5, 5.41) is 0. The fourth-order valence-electron chi connectivity index (χ4n) is 1.81. The van der Waals surface area contributed by atoms with Gasteiger partial charge in [0.25, 0.3) is 0 Å². The van der Waals surface area contributed by atoms with Gasteiger partial charge in [-0.25, -0.2) is 8.78 Å². The first kappa shape index (κ1) is 13.9. The topological polar surface area (TPSA) is 17.1 Å². The van der Waals surface area contributed by atoms with Crippen molar-refractivity contribution in [1.82, 2.24) is 0 Å². The molecule has 0 amide bonds. The Bertz CT molecular complexity index is 611. The molecule has 0 saturated carbocycles. The van der Waals surface area contributed by atoms with Crippen LogP contribution in [0.25, 0.3) is 0 Å². The van der Waals surface area contributed by atoms with Crippen molar-refractivity contribution in [2.45, 2.75) is 12.8 Å². The maximum atomic E-state index is 13.5. The fourth-order valence-corrected chi connectivity index (χ4v) is 2.22. The lowest BCUT2D eigenvalue weighted by atomic mass is 10.0. The maximum absolute atomic E-state index is 13.5. The number of carbonyl (C=O) groups excluding carboxylic acids is 1. The minimum Gasteiger partial charge on any atom is -0.299 e. The highest BCUT2D eigenvalue weighted by atomic mass is 79.9. The Hall–Kier alpha value is -1.55. The lowest BCUT2D eigenvalue weighted by Crippen LogP contribution is -2.09. The summed E-state index contributed by atoms with van der Waals surface area (Å²) in [5.74, 6) is -1.06. The number of hydrogen-bond donors (Lipinski definition) is 0. The Kier molecular flexibility index (Phi) is 4.43. The molecule has 0 spiro atoms. The highest BCUT2D eigenvalue weighted by Crippen LogP contribution is 2.17. The molecule has 0 fully saturated rings. The molecule has 0 aliphatic rings. The van der Waals surface area contributed by atoms with Crippen LogP contribution >= 0.6 is 15.9 Å². The van der Waals surface area contributed by atoms with Crippen molar-refractivity contribution in [3.63, 3.8) is 0 Å². The Morgan fingerprint density at radius 2 is 1.58 bits per heavy atom. The number of halogens is 3. The summed E-state index contributed by atoms with van der Waals surface area (Å²) in [5.41, 5.74) is 0.651. The van der Waals surface area contributed by atoms with Crippen LogP contribution in [-0.4, -0.2) is 5.78 Å².